The third kappa shape index (κ3) is 3.24. The molecule has 0 aromatic heterocycles. The van der Waals surface area contributed by atoms with Crippen molar-refractivity contribution >= 4 is 17.5 Å². The highest BCUT2D eigenvalue weighted by Gasteiger charge is 2.07. The molecule has 0 radical (unpaired) electrons. The fraction of sp³-hybridized carbons (Fsp3) is 0.462. The van der Waals surface area contributed by atoms with E-state index in [0.29, 0.717) is 18.0 Å². The summed E-state index contributed by atoms with van der Waals surface area (Å²) in [5.41, 5.74) is 2.96. The lowest BCUT2D eigenvalue weighted by molar-refractivity contribution is 0.0953. The van der Waals surface area contributed by atoms with Crippen LogP contribution in [0.15, 0.2) is 18.2 Å². The molecule has 0 fully saturated rings. The molecule has 0 unspecified atom stereocenters. The largest absolute Gasteiger partial charge is 0.352 e. The van der Waals surface area contributed by atoms with Gasteiger partial charge in [0.25, 0.3) is 5.91 Å². The minimum absolute atomic E-state index is 0.0177. The maximum Gasteiger partial charge on any atom is 0.251 e. The molecule has 1 aromatic carbocycles. The molecule has 0 aliphatic carbocycles. The van der Waals surface area contributed by atoms with Gasteiger partial charge in [-0.25, -0.2) is 0 Å². The molecule has 88 valence electrons. The smallest absolute Gasteiger partial charge is 0.251 e. The van der Waals surface area contributed by atoms with E-state index in [1.165, 1.54) is 5.56 Å². The first kappa shape index (κ1) is 13.0. The van der Waals surface area contributed by atoms with Gasteiger partial charge in [0, 0.05) is 18.0 Å². The molecule has 2 nitrogen and oxygen atoms in total. The molecular formula is C13H18ClNO. The van der Waals surface area contributed by atoms with E-state index in [1.54, 1.807) is 0 Å². The van der Waals surface area contributed by atoms with Crippen LogP contribution in [0.5, 0.6) is 0 Å². The molecule has 16 heavy (non-hydrogen) atoms. The number of alkyl halides is 1. The zero-order chi connectivity index (χ0) is 12.0. The van der Waals surface area contributed by atoms with Crippen molar-refractivity contribution in [3.8, 4) is 0 Å². The number of carbonyl (C=O) groups is 1. The molecule has 0 saturated carbocycles. The summed E-state index contributed by atoms with van der Waals surface area (Å²) in [5.74, 6) is 0.439. The van der Waals surface area contributed by atoms with Crippen molar-refractivity contribution < 1.29 is 4.79 Å². The molecule has 0 atom stereocenters. The molecule has 1 aromatic rings. The van der Waals surface area contributed by atoms with Crippen molar-refractivity contribution in [2.24, 2.45) is 0 Å². The standard InChI is InChI=1S/C13H18ClNO/c1-3-7-15-13(16)11-6-5-10(4-2)12(8-11)9-14/h5-6,8H,3-4,7,9H2,1-2H3,(H,15,16). The lowest BCUT2D eigenvalue weighted by atomic mass is 10.0. The summed E-state index contributed by atoms with van der Waals surface area (Å²) in [7, 11) is 0. The van der Waals surface area contributed by atoms with E-state index in [9.17, 15) is 4.79 Å². The molecule has 0 aliphatic heterocycles. The summed E-state index contributed by atoms with van der Waals surface area (Å²) >= 11 is 5.86. The number of nitrogens with one attached hydrogen (secondary N) is 1. The molecule has 0 bridgehead atoms. The first-order valence-electron chi connectivity index (χ1n) is 5.68. The van der Waals surface area contributed by atoms with Gasteiger partial charge >= 0.3 is 0 Å². The third-order valence-electron chi connectivity index (χ3n) is 2.53. The van der Waals surface area contributed by atoms with Crippen molar-refractivity contribution in [3.63, 3.8) is 0 Å². The highest BCUT2D eigenvalue weighted by atomic mass is 35.5. The summed E-state index contributed by atoms with van der Waals surface area (Å²) in [5, 5.41) is 2.86. The van der Waals surface area contributed by atoms with E-state index in [2.05, 4.69) is 12.2 Å². The Balaban J connectivity index is 2.85. The molecule has 0 spiro atoms. The normalized spacial score (nSPS) is 10.2. The van der Waals surface area contributed by atoms with Crippen LogP contribution in [0, 0.1) is 0 Å². The Morgan fingerprint density at radius 1 is 1.31 bits per heavy atom. The number of aryl methyl sites for hydroxylation is 1. The van der Waals surface area contributed by atoms with Gasteiger partial charge in [0.1, 0.15) is 0 Å². The number of hydrogen-bond donors (Lipinski definition) is 1. The molecule has 1 rings (SSSR count). The Hall–Kier alpha value is -1.02. The van der Waals surface area contributed by atoms with Crippen LogP contribution in [0.25, 0.3) is 0 Å². The van der Waals surface area contributed by atoms with Gasteiger partial charge in [-0.05, 0) is 36.1 Å². The van der Waals surface area contributed by atoms with Gasteiger partial charge in [-0.2, -0.15) is 0 Å². The minimum atomic E-state index is -0.0177. The zero-order valence-corrected chi connectivity index (χ0v) is 10.6. The number of amides is 1. The minimum Gasteiger partial charge on any atom is -0.352 e. The van der Waals surface area contributed by atoms with E-state index >= 15 is 0 Å². The number of rotatable bonds is 5. The van der Waals surface area contributed by atoms with Gasteiger partial charge in [0.05, 0.1) is 0 Å². The van der Waals surface area contributed by atoms with Crippen LogP contribution in [-0.2, 0) is 12.3 Å². The van der Waals surface area contributed by atoms with Crippen LogP contribution < -0.4 is 5.32 Å². The molecule has 1 amide bonds. The Labute approximate surface area is 102 Å². The topological polar surface area (TPSA) is 29.1 Å². The lowest BCUT2D eigenvalue weighted by Gasteiger charge is -2.08. The van der Waals surface area contributed by atoms with Gasteiger partial charge in [-0.3, -0.25) is 4.79 Å². The maximum atomic E-state index is 11.7. The second kappa shape index (κ2) is 6.54. The van der Waals surface area contributed by atoms with Gasteiger partial charge < -0.3 is 5.32 Å². The van der Waals surface area contributed by atoms with Crippen LogP contribution >= 0.6 is 11.6 Å². The number of carbonyl (C=O) groups excluding carboxylic acids is 1. The van der Waals surface area contributed by atoms with E-state index in [4.69, 9.17) is 11.6 Å². The summed E-state index contributed by atoms with van der Waals surface area (Å²) in [6.45, 7) is 4.83. The average molecular weight is 240 g/mol. The fourth-order valence-corrected chi connectivity index (χ4v) is 1.83. The molecule has 1 N–H and O–H groups in total. The Morgan fingerprint density at radius 2 is 2.06 bits per heavy atom. The van der Waals surface area contributed by atoms with Gasteiger partial charge in [0.15, 0.2) is 0 Å². The Bertz CT molecular complexity index is 363. The quantitative estimate of drug-likeness (QED) is 0.786. The van der Waals surface area contributed by atoms with E-state index in [-0.39, 0.29) is 5.91 Å². The zero-order valence-electron chi connectivity index (χ0n) is 9.85. The fourth-order valence-electron chi connectivity index (χ4n) is 1.58. The highest BCUT2D eigenvalue weighted by molar-refractivity contribution is 6.17. The van der Waals surface area contributed by atoms with Crippen molar-refractivity contribution in [1.82, 2.24) is 5.32 Å². The van der Waals surface area contributed by atoms with Gasteiger partial charge in [0.2, 0.25) is 0 Å². The maximum absolute atomic E-state index is 11.7. The predicted octanol–water partition coefficient (Wildman–Crippen LogP) is 3.13. The molecular weight excluding hydrogens is 222 g/mol. The van der Waals surface area contributed by atoms with Crippen LogP contribution in [0.2, 0.25) is 0 Å². The molecule has 0 heterocycles. The van der Waals surface area contributed by atoms with Crippen molar-refractivity contribution in [1.29, 1.82) is 0 Å². The second-order valence-corrected chi connectivity index (χ2v) is 3.99. The second-order valence-electron chi connectivity index (χ2n) is 3.73. The van der Waals surface area contributed by atoms with Gasteiger partial charge in [-0.1, -0.05) is 19.9 Å². The van der Waals surface area contributed by atoms with E-state index in [1.807, 2.05) is 25.1 Å². The summed E-state index contributed by atoms with van der Waals surface area (Å²) < 4.78 is 0. The summed E-state index contributed by atoms with van der Waals surface area (Å²) in [6.07, 6.45) is 1.89. The van der Waals surface area contributed by atoms with Crippen LogP contribution in [-0.4, -0.2) is 12.5 Å². The van der Waals surface area contributed by atoms with Crippen LogP contribution in [0.4, 0.5) is 0 Å². The monoisotopic (exact) mass is 239 g/mol. The van der Waals surface area contributed by atoms with Crippen molar-refractivity contribution in [3.05, 3.63) is 34.9 Å². The molecule has 3 heteroatoms. The molecule has 0 aliphatic rings. The van der Waals surface area contributed by atoms with Crippen molar-refractivity contribution in [2.45, 2.75) is 32.6 Å². The number of hydrogen-bond acceptors (Lipinski definition) is 1. The van der Waals surface area contributed by atoms with Gasteiger partial charge in [-0.15, -0.1) is 11.6 Å². The Kier molecular flexibility index (Phi) is 5.33. The SMILES string of the molecule is CCCNC(=O)c1ccc(CC)c(CCl)c1. The van der Waals surface area contributed by atoms with E-state index < -0.39 is 0 Å². The summed E-state index contributed by atoms with van der Waals surface area (Å²) in [6, 6.07) is 5.73. The number of benzene rings is 1. The lowest BCUT2D eigenvalue weighted by Crippen LogP contribution is -2.24. The first-order valence-corrected chi connectivity index (χ1v) is 6.22. The van der Waals surface area contributed by atoms with Crippen LogP contribution in [0.1, 0.15) is 41.8 Å². The summed E-state index contributed by atoms with van der Waals surface area (Å²) in [4.78, 5) is 11.7. The first-order chi connectivity index (χ1) is 7.72. The third-order valence-corrected chi connectivity index (χ3v) is 2.82. The Morgan fingerprint density at radius 3 is 2.62 bits per heavy atom. The number of halogens is 1. The van der Waals surface area contributed by atoms with E-state index in [0.717, 1.165) is 18.4 Å². The van der Waals surface area contributed by atoms with Crippen molar-refractivity contribution in [2.75, 3.05) is 6.54 Å². The van der Waals surface area contributed by atoms with Crippen LogP contribution in [0.3, 0.4) is 0 Å². The predicted molar refractivity (Wildman–Crippen MR) is 68.0 cm³/mol. The molecule has 0 saturated heterocycles. The highest BCUT2D eigenvalue weighted by Crippen LogP contribution is 2.15. The average Bonchev–Trinajstić information content (AvgIpc) is 2.34.